The Bertz CT molecular complexity index is 670. The molecule has 0 spiro atoms. The highest BCUT2D eigenvalue weighted by atomic mass is 32.1. The van der Waals surface area contributed by atoms with Crippen LogP contribution in [0.3, 0.4) is 0 Å². The molecule has 5 nitrogen and oxygen atoms in total. The summed E-state index contributed by atoms with van der Waals surface area (Å²) in [5.41, 5.74) is 2.33. The minimum absolute atomic E-state index is 0.164. The van der Waals surface area contributed by atoms with Crippen molar-refractivity contribution in [2.24, 2.45) is 5.92 Å². The maximum Gasteiger partial charge on any atom is 0.251 e. The summed E-state index contributed by atoms with van der Waals surface area (Å²) < 4.78 is 5.37. The molecule has 1 amide bonds. The number of benzene rings is 1. The smallest absolute Gasteiger partial charge is 0.251 e. The number of carbonyl (C=O) groups is 1. The zero-order valence-electron chi connectivity index (χ0n) is 14.3. The van der Waals surface area contributed by atoms with Crippen LogP contribution in [0.15, 0.2) is 29.6 Å². The van der Waals surface area contributed by atoms with Gasteiger partial charge in [0.25, 0.3) is 5.91 Å². The Balaban J connectivity index is 1.88. The zero-order chi connectivity index (χ0) is 17.5. The van der Waals surface area contributed by atoms with Crippen LogP contribution in [0.25, 0.3) is 11.3 Å². The first-order valence-electron chi connectivity index (χ1n) is 8.02. The summed E-state index contributed by atoms with van der Waals surface area (Å²) in [6.45, 7) is 7.02. The SMILES string of the molecule is Cc1nc(-c2cccc(C(=O)NCC(O)COCC(C)C)c2)cs1. The largest absolute Gasteiger partial charge is 0.389 e. The van der Waals surface area contributed by atoms with Crippen LogP contribution >= 0.6 is 11.3 Å². The fourth-order valence-electron chi connectivity index (χ4n) is 2.13. The molecular weight excluding hydrogens is 324 g/mol. The van der Waals surface area contributed by atoms with Gasteiger partial charge in [-0.25, -0.2) is 4.98 Å². The summed E-state index contributed by atoms with van der Waals surface area (Å²) in [5.74, 6) is 0.204. The van der Waals surface area contributed by atoms with E-state index in [0.29, 0.717) is 18.1 Å². The number of carbonyl (C=O) groups excluding carboxylic acids is 1. The number of ether oxygens (including phenoxy) is 1. The van der Waals surface area contributed by atoms with E-state index in [2.05, 4.69) is 10.3 Å². The number of hydrogen-bond acceptors (Lipinski definition) is 5. The molecule has 2 N–H and O–H groups in total. The zero-order valence-corrected chi connectivity index (χ0v) is 15.1. The molecule has 0 radical (unpaired) electrons. The molecule has 0 bridgehead atoms. The van der Waals surface area contributed by atoms with Gasteiger partial charge in [-0.15, -0.1) is 11.3 Å². The number of thiazole rings is 1. The van der Waals surface area contributed by atoms with Gasteiger partial charge in [-0.2, -0.15) is 0 Å². The van der Waals surface area contributed by atoms with Crippen LogP contribution in [-0.4, -0.2) is 41.9 Å². The van der Waals surface area contributed by atoms with Crippen molar-refractivity contribution in [3.8, 4) is 11.3 Å². The summed E-state index contributed by atoms with van der Waals surface area (Å²) in [4.78, 5) is 16.7. The third-order valence-electron chi connectivity index (χ3n) is 3.30. The van der Waals surface area contributed by atoms with E-state index < -0.39 is 6.10 Å². The van der Waals surface area contributed by atoms with E-state index in [-0.39, 0.29) is 19.1 Å². The van der Waals surface area contributed by atoms with Crippen LogP contribution in [-0.2, 0) is 4.74 Å². The minimum Gasteiger partial charge on any atom is -0.389 e. The molecule has 0 fully saturated rings. The number of hydrogen-bond donors (Lipinski definition) is 2. The molecule has 0 aliphatic heterocycles. The Morgan fingerprint density at radius 1 is 1.38 bits per heavy atom. The summed E-state index contributed by atoms with van der Waals surface area (Å²) in [5, 5.41) is 15.5. The molecule has 1 aromatic heterocycles. The van der Waals surface area contributed by atoms with Crippen molar-refractivity contribution >= 4 is 17.2 Å². The van der Waals surface area contributed by atoms with Crippen LogP contribution in [0, 0.1) is 12.8 Å². The van der Waals surface area contributed by atoms with Gasteiger partial charge in [-0.3, -0.25) is 4.79 Å². The summed E-state index contributed by atoms with van der Waals surface area (Å²) in [6, 6.07) is 7.33. The molecule has 0 aliphatic carbocycles. The molecule has 2 rings (SSSR count). The Hall–Kier alpha value is -1.76. The summed E-state index contributed by atoms with van der Waals surface area (Å²) >= 11 is 1.58. The Labute approximate surface area is 146 Å². The molecule has 1 aromatic carbocycles. The van der Waals surface area contributed by atoms with Gasteiger partial charge in [0.2, 0.25) is 0 Å². The van der Waals surface area contributed by atoms with Crippen molar-refractivity contribution in [1.82, 2.24) is 10.3 Å². The molecule has 1 atom stereocenters. The number of amides is 1. The lowest BCUT2D eigenvalue weighted by Gasteiger charge is -2.13. The third kappa shape index (κ3) is 5.70. The number of aliphatic hydroxyl groups is 1. The van der Waals surface area contributed by atoms with Gasteiger partial charge in [0.05, 0.1) is 23.4 Å². The molecule has 0 aliphatic rings. The van der Waals surface area contributed by atoms with Crippen molar-refractivity contribution in [2.75, 3.05) is 19.8 Å². The van der Waals surface area contributed by atoms with Crippen molar-refractivity contribution in [1.29, 1.82) is 0 Å². The average Bonchev–Trinajstić information content (AvgIpc) is 2.99. The van der Waals surface area contributed by atoms with Crippen LogP contribution < -0.4 is 5.32 Å². The van der Waals surface area contributed by atoms with Gasteiger partial charge in [0, 0.05) is 29.7 Å². The highest BCUT2D eigenvalue weighted by molar-refractivity contribution is 7.09. The molecular formula is C18H24N2O3S. The lowest BCUT2D eigenvalue weighted by atomic mass is 10.1. The summed E-state index contributed by atoms with van der Waals surface area (Å²) in [6.07, 6.45) is -0.711. The van der Waals surface area contributed by atoms with E-state index in [4.69, 9.17) is 4.74 Å². The number of rotatable bonds is 8. The molecule has 1 unspecified atom stereocenters. The normalized spacial score (nSPS) is 12.4. The second-order valence-electron chi connectivity index (χ2n) is 6.13. The second kappa shape index (κ2) is 8.92. The topological polar surface area (TPSA) is 71.5 Å². The van der Waals surface area contributed by atoms with E-state index in [1.165, 1.54) is 0 Å². The molecule has 6 heteroatoms. The first kappa shape index (κ1) is 18.6. The van der Waals surface area contributed by atoms with Gasteiger partial charge < -0.3 is 15.2 Å². The Kier molecular flexibility index (Phi) is 6.90. The fraction of sp³-hybridized carbons (Fsp3) is 0.444. The standard InChI is InChI=1S/C18H24N2O3S/c1-12(2)9-23-10-16(21)8-19-18(22)15-6-4-5-14(7-15)17-11-24-13(3)20-17/h4-7,11-12,16,21H,8-10H2,1-3H3,(H,19,22). The van der Waals surface area contributed by atoms with Crippen molar-refractivity contribution in [2.45, 2.75) is 26.9 Å². The molecule has 130 valence electrons. The van der Waals surface area contributed by atoms with Gasteiger partial charge >= 0.3 is 0 Å². The van der Waals surface area contributed by atoms with Gasteiger partial charge in [0.1, 0.15) is 0 Å². The average molecular weight is 348 g/mol. The first-order valence-corrected chi connectivity index (χ1v) is 8.90. The van der Waals surface area contributed by atoms with E-state index in [1.54, 1.807) is 17.4 Å². The van der Waals surface area contributed by atoms with Crippen LogP contribution in [0.1, 0.15) is 29.2 Å². The quantitative estimate of drug-likeness (QED) is 0.769. The fourth-order valence-corrected chi connectivity index (χ4v) is 2.75. The van der Waals surface area contributed by atoms with E-state index >= 15 is 0 Å². The predicted molar refractivity (Wildman–Crippen MR) is 96.3 cm³/mol. The first-order chi connectivity index (χ1) is 11.5. The minimum atomic E-state index is -0.711. The lowest BCUT2D eigenvalue weighted by molar-refractivity contribution is 0.0259. The Morgan fingerprint density at radius 2 is 2.17 bits per heavy atom. The van der Waals surface area contributed by atoms with Crippen LogP contribution in [0.5, 0.6) is 0 Å². The maximum atomic E-state index is 12.2. The number of aryl methyl sites for hydroxylation is 1. The number of nitrogens with one attached hydrogen (secondary N) is 1. The monoisotopic (exact) mass is 348 g/mol. The maximum absolute atomic E-state index is 12.2. The van der Waals surface area contributed by atoms with Crippen molar-refractivity contribution in [3.63, 3.8) is 0 Å². The molecule has 2 aromatic rings. The lowest BCUT2D eigenvalue weighted by Crippen LogP contribution is -2.34. The number of aliphatic hydroxyl groups excluding tert-OH is 1. The van der Waals surface area contributed by atoms with Gasteiger partial charge in [0.15, 0.2) is 0 Å². The molecule has 0 saturated heterocycles. The van der Waals surface area contributed by atoms with Crippen LogP contribution in [0.4, 0.5) is 0 Å². The van der Waals surface area contributed by atoms with Crippen LogP contribution in [0.2, 0.25) is 0 Å². The summed E-state index contributed by atoms with van der Waals surface area (Å²) in [7, 11) is 0. The predicted octanol–water partition coefficient (Wildman–Crippen LogP) is 2.88. The van der Waals surface area contributed by atoms with E-state index in [1.807, 2.05) is 44.4 Å². The molecule has 24 heavy (non-hydrogen) atoms. The van der Waals surface area contributed by atoms with E-state index in [0.717, 1.165) is 16.3 Å². The van der Waals surface area contributed by atoms with Gasteiger partial charge in [-0.1, -0.05) is 26.0 Å². The Morgan fingerprint density at radius 3 is 2.83 bits per heavy atom. The van der Waals surface area contributed by atoms with Crippen molar-refractivity contribution < 1.29 is 14.6 Å². The highest BCUT2D eigenvalue weighted by Gasteiger charge is 2.11. The number of nitrogens with zero attached hydrogens (tertiary/aromatic N) is 1. The number of aromatic nitrogens is 1. The second-order valence-corrected chi connectivity index (χ2v) is 7.19. The molecule has 0 saturated carbocycles. The third-order valence-corrected chi connectivity index (χ3v) is 4.07. The van der Waals surface area contributed by atoms with Gasteiger partial charge in [-0.05, 0) is 25.0 Å². The molecule has 1 heterocycles. The van der Waals surface area contributed by atoms with Crippen molar-refractivity contribution in [3.05, 3.63) is 40.2 Å². The highest BCUT2D eigenvalue weighted by Crippen LogP contribution is 2.22. The van der Waals surface area contributed by atoms with E-state index in [9.17, 15) is 9.90 Å².